The smallest absolute Gasteiger partial charge is 0.0417 e. The second-order valence-electron chi connectivity index (χ2n) is 6.42. The van der Waals surface area contributed by atoms with Crippen LogP contribution in [0.2, 0.25) is 0 Å². The van der Waals surface area contributed by atoms with Crippen molar-refractivity contribution in [3.63, 3.8) is 0 Å². The van der Waals surface area contributed by atoms with Gasteiger partial charge in [-0.1, -0.05) is 79.7 Å². The summed E-state index contributed by atoms with van der Waals surface area (Å²) in [6, 6.07) is 0. The Morgan fingerprint density at radius 1 is 0.833 bits per heavy atom. The van der Waals surface area contributed by atoms with Gasteiger partial charge < -0.3 is 0 Å². The van der Waals surface area contributed by atoms with E-state index < -0.39 is 0 Å². The number of rotatable bonds is 8. The van der Waals surface area contributed by atoms with Crippen molar-refractivity contribution >= 4 is 0 Å². The lowest BCUT2D eigenvalue weighted by atomic mass is 9.84. The van der Waals surface area contributed by atoms with Gasteiger partial charge in [0.15, 0.2) is 0 Å². The molecule has 0 heterocycles. The second-order valence-corrected chi connectivity index (χ2v) is 6.42. The molecule has 3 atom stereocenters. The maximum absolute atomic E-state index is 3.36. The molecule has 0 N–H and O–H groups in total. The van der Waals surface area contributed by atoms with Crippen LogP contribution in [-0.4, -0.2) is 0 Å². The number of hydrogen-bond acceptors (Lipinski definition) is 0. The number of allylic oxidation sites excluding steroid dienone is 1. The zero-order chi connectivity index (χ0) is 14.6. The van der Waals surface area contributed by atoms with Gasteiger partial charge in [-0.25, -0.2) is 0 Å². The van der Waals surface area contributed by atoms with E-state index in [0.29, 0.717) is 0 Å². The first-order chi connectivity index (χ1) is 8.38. The summed E-state index contributed by atoms with van der Waals surface area (Å²) in [6.45, 7) is 19.5. The summed E-state index contributed by atoms with van der Waals surface area (Å²) in [5.74, 6) is 3.62. The summed E-state index contributed by atoms with van der Waals surface area (Å²) in [4.78, 5) is 0. The molecule has 0 aliphatic heterocycles. The lowest BCUT2D eigenvalue weighted by Crippen LogP contribution is -2.10. The fourth-order valence-electron chi connectivity index (χ4n) is 1.92. The molecule has 0 amide bonds. The molecular weight excluding hydrogens is 216 g/mol. The first-order valence-corrected chi connectivity index (χ1v) is 7.95. The van der Waals surface area contributed by atoms with Gasteiger partial charge in [-0.15, -0.1) is 6.58 Å². The highest BCUT2D eigenvalue weighted by Gasteiger charge is 2.13. The molecule has 0 nitrogen and oxygen atoms in total. The molecule has 0 bridgehead atoms. The van der Waals surface area contributed by atoms with Crippen LogP contribution in [0.1, 0.15) is 80.6 Å². The van der Waals surface area contributed by atoms with Crippen LogP contribution in [0.3, 0.4) is 0 Å². The molecule has 0 radical (unpaired) electrons. The summed E-state index contributed by atoms with van der Waals surface area (Å²) in [6.07, 6.45) is 8.75. The Hall–Kier alpha value is -0.260. The first kappa shape index (κ1) is 20.1. The monoisotopic (exact) mass is 254 g/mol. The summed E-state index contributed by atoms with van der Waals surface area (Å²) in [5, 5.41) is 0. The van der Waals surface area contributed by atoms with Gasteiger partial charge in [-0.2, -0.15) is 0 Å². The predicted octanol–water partition coefficient (Wildman–Crippen LogP) is 6.71. The molecule has 0 rings (SSSR count). The van der Waals surface area contributed by atoms with Gasteiger partial charge in [-0.3, -0.25) is 0 Å². The molecule has 110 valence electrons. The molecule has 0 heteroatoms. The van der Waals surface area contributed by atoms with E-state index in [2.05, 4.69) is 48.1 Å². The summed E-state index contributed by atoms with van der Waals surface area (Å²) in [7, 11) is 0. The second kappa shape index (κ2) is 13.2. The third kappa shape index (κ3) is 13.8. The topological polar surface area (TPSA) is 0 Å². The fraction of sp³-hybridized carbons (Fsp3) is 0.889. The van der Waals surface area contributed by atoms with Crippen molar-refractivity contribution in [3.05, 3.63) is 12.7 Å². The Balaban J connectivity index is 0. The van der Waals surface area contributed by atoms with Crippen LogP contribution < -0.4 is 0 Å². The van der Waals surface area contributed by atoms with Crippen LogP contribution in [0.15, 0.2) is 12.7 Å². The lowest BCUT2D eigenvalue weighted by Gasteiger charge is -2.22. The molecule has 0 saturated carbocycles. The van der Waals surface area contributed by atoms with Gasteiger partial charge in [0, 0.05) is 0 Å². The highest BCUT2D eigenvalue weighted by Crippen LogP contribution is 2.25. The Morgan fingerprint density at radius 2 is 1.22 bits per heavy atom. The summed E-state index contributed by atoms with van der Waals surface area (Å²) in [5.41, 5.74) is 0. The molecule has 18 heavy (non-hydrogen) atoms. The van der Waals surface area contributed by atoms with E-state index in [9.17, 15) is 0 Å². The van der Waals surface area contributed by atoms with Crippen molar-refractivity contribution in [2.24, 2.45) is 23.7 Å². The molecule has 0 aromatic carbocycles. The van der Waals surface area contributed by atoms with Crippen LogP contribution in [0.4, 0.5) is 0 Å². The highest BCUT2D eigenvalue weighted by atomic mass is 14.2. The predicted molar refractivity (Wildman–Crippen MR) is 87.0 cm³/mol. The average Bonchev–Trinajstić information content (AvgIpc) is 2.33. The van der Waals surface area contributed by atoms with E-state index in [-0.39, 0.29) is 0 Å². The minimum absolute atomic E-state index is 0.870. The van der Waals surface area contributed by atoms with Crippen LogP contribution in [-0.2, 0) is 0 Å². The van der Waals surface area contributed by atoms with Crippen LogP contribution in [0.25, 0.3) is 0 Å². The maximum atomic E-state index is 3.36. The normalized spacial score (nSPS) is 15.6. The Labute approximate surface area is 117 Å². The maximum Gasteiger partial charge on any atom is -0.0417 e. The Morgan fingerprint density at radius 3 is 1.56 bits per heavy atom. The average molecular weight is 255 g/mol. The van der Waals surface area contributed by atoms with Crippen molar-refractivity contribution in [1.82, 2.24) is 0 Å². The van der Waals surface area contributed by atoms with Crippen molar-refractivity contribution in [2.45, 2.75) is 80.6 Å². The summed E-state index contributed by atoms with van der Waals surface area (Å²) < 4.78 is 0. The molecule has 0 aliphatic rings. The SMILES string of the molecule is C=CC.CCC(C)CCC(C)C(C)CCC(C)C. The fourth-order valence-corrected chi connectivity index (χ4v) is 1.92. The summed E-state index contributed by atoms with van der Waals surface area (Å²) >= 11 is 0. The van der Waals surface area contributed by atoms with Crippen molar-refractivity contribution in [3.8, 4) is 0 Å². The lowest BCUT2D eigenvalue weighted by molar-refractivity contribution is 0.298. The quantitative estimate of drug-likeness (QED) is 0.422. The zero-order valence-corrected chi connectivity index (χ0v) is 14.1. The molecular formula is C18H38. The standard InChI is InChI=1S/C15H32.C3H6/c1-7-13(4)9-11-15(6)14(5)10-8-12(2)3;1-3-2/h12-15H,7-11H2,1-6H3;3H,1H2,2H3. The molecule has 0 aliphatic carbocycles. The molecule has 0 aromatic rings. The van der Waals surface area contributed by atoms with E-state index in [1.54, 1.807) is 6.08 Å². The molecule has 0 aromatic heterocycles. The van der Waals surface area contributed by atoms with Crippen molar-refractivity contribution in [2.75, 3.05) is 0 Å². The van der Waals surface area contributed by atoms with Crippen molar-refractivity contribution in [1.29, 1.82) is 0 Å². The first-order valence-electron chi connectivity index (χ1n) is 7.95. The molecule has 0 saturated heterocycles. The van der Waals surface area contributed by atoms with Crippen molar-refractivity contribution < 1.29 is 0 Å². The van der Waals surface area contributed by atoms with E-state index >= 15 is 0 Å². The minimum Gasteiger partial charge on any atom is -0.103 e. The van der Waals surface area contributed by atoms with Crippen LogP contribution in [0.5, 0.6) is 0 Å². The molecule has 3 unspecified atom stereocenters. The van der Waals surface area contributed by atoms with Crippen LogP contribution in [0, 0.1) is 23.7 Å². The van der Waals surface area contributed by atoms with Gasteiger partial charge in [-0.05, 0) is 30.6 Å². The zero-order valence-electron chi connectivity index (χ0n) is 14.1. The van der Waals surface area contributed by atoms with Gasteiger partial charge >= 0.3 is 0 Å². The number of hydrogen-bond donors (Lipinski definition) is 0. The van der Waals surface area contributed by atoms with E-state index in [4.69, 9.17) is 0 Å². The van der Waals surface area contributed by atoms with Gasteiger partial charge in [0.05, 0.1) is 0 Å². The minimum atomic E-state index is 0.870. The Kier molecular flexibility index (Phi) is 14.7. The third-order valence-electron chi connectivity index (χ3n) is 3.98. The third-order valence-corrected chi connectivity index (χ3v) is 3.98. The van der Waals surface area contributed by atoms with E-state index in [1.165, 1.54) is 32.1 Å². The Bertz CT molecular complexity index is 169. The van der Waals surface area contributed by atoms with Gasteiger partial charge in [0.25, 0.3) is 0 Å². The van der Waals surface area contributed by atoms with E-state index in [1.807, 2.05) is 6.92 Å². The van der Waals surface area contributed by atoms with Crippen LogP contribution >= 0.6 is 0 Å². The largest absolute Gasteiger partial charge is 0.103 e. The van der Waals surface area contributed by atoms with Gasteiger partial charge in [0.1, 0.15) is 0 Å². The van der Waals surface area contributed by atoms with E-state index in [0.717, 1.165) is 23.7 Å². The highest BCUT2D eigenvalue weighted by molar-refractivity contribution is 4.65. The van der Waals surface area contributed by atoms with Gasteiger partial charge in [0.2, 0.25) is 0 Å². The molecule has 0 spiro atoms. The molecule has 0 fully saturated rings.